The van der Waals surface area contributed by atoms with Gasteiger partial charge < -0.3 is 5.11 Å². The van der Waals surface area contributed by atoms with Crippen molar-refractivity contribution in [1.29, 1.82) is 0 Å². The van der Waals surface area contributed by atoms with E-state index in [9.17, 15) is 9.90 Å². The maximum atomic E-state index is 11.6. The molecule has 0 saturated heterocycles. The second-order valence-corrected chi connectivity index (χ2v) is 7.84. The molecule has 0 bridgehead atoms. The molecule has 2 saturated carbocycles. The molecule has 0 aliphatic heterocycles. The normalized spacial score (nSPS) is 35.8. The second-order valence-electron chi connectivity index (χ2n) is 7.01. The third-order valence-electron chi connectivity index (χ3n) is 6.16. The van der Waals surface area contributed by atoms with Crippen molar-refractivity contribution in [3.8, 4) is 0 Å². The van der Waals surface area contributed by atoms with Crippen LogP contribution in [0.1, 0.15) is 74.7 Å². The van der Waals surface area contributed by atoms with Crippen molar-refractivity contribution in [2.75, 3.05) is 0 Å². The molecule has 0 amide bonds. The van der Waals surface area contributed by atoms with Gasteiger partial charge in [-0.15, -0.1) is 0 Å². The fraction of sp³-hybridized carbons (Fsp3) is 0.708. The number of aliphatic hydroxyl groups is 1. The maximum Gasteiger partial charge on any atom is 0.178 e. The summed E-state index contributed by atoms with van der Waals surface area (Å²) in [4.78, 5) is 16.2. The Hall–Kier alpha value is -0.780. The molecule has 0 aromatic carbocycles. The molecule has 7 heteroatoms. The lowest BCUT2D eigenvalue weighted by Gasteiger charge is -2.54. The zero-order chi connectivity index (χ0) is 23.5. The van der Waals surface area contributed by atoms with E-state index < -0.39 is 16.5 Å². The molecule has 5 nitrogen and oxygen atoms in total. The van der Waals surface area contributed by atoms with Crippen LogP contribution in [-0.2, 0) is 14.2 Å². The van der Waals surface area contributed by atoms with Crippen molar-refractivity contribution in [2.45, 2.75) is 91.1 Å². The zero-order valence-corrected chi connectivity index (χ0v) is 21.0. The lowest BCUT2D eigenvalue weighted by Crippen LogP contribution is -2.56. The van der Waals surface area contributed by atoms with Gasteiger partial charge in [-0.1, -0.05) is 61.1 Å². The van der Waals surface area contributed by atoms with Crippen LogP contribution in [-0.4, -0.2) is 32.6 Å². The molecule has 4 rings (SSSR count). The van der Waals surface area contributed by atoms with Gasteiger partial charge in [-0.2, -0.15) is 12.6 Å². The molecule has 0 heterocycles. The van der Waals surface area contributed by atoms with E-state index in [-0.39, 0.29) is 31.0 Å². The molecule has 4 aliphatic rings. The molecule has 4 unspecified atom stereocenters. The van der Waals surface area contributed by atoms with Gasteiger partial charge >= 0.3 is 0 Å². The van der Waals surface area contributed by atoms with E-state index in [1.54, 1.807) is 21.3 Å². The maximum absolute atomic E-state index is 11.6. The number of allylic oxidation sites excluding steroid dienone is 3. The Bertz CT molecular complexity index is 635. The van der Waals surface area contributed by atoms with E-state index in [4.69, 9.17) is 22.5 Å². The lowest BCUT2D eigenvalue weighted by atomic mass is 9.55. The Balaban J connectivity index is 0. The number of thiol groups is 1. The van der Waals surface area contributed by atoms with E-state index in [1.165, 1.54) is 6.08 Å². The molecule has 0 spiro atoms. The van der Waals surface area contributed by atoms with Crippen molar-refractivity contribution in [1.82, 2.24) is 0 Å². The van der Waals surface area contributed by atoms with Crippen molar-refractivity contribution in [3.05, 3.63) is 36.0 Å². The van der Waals surface area contributed by atoms with Gasteiger partial charge in [0.1, 0.15) is 20.8 Å². The highest BCUT2D eigenvalue weighted by Crippen LogP contribution is 2.59. The molecule has 2 fully saturated rings. The third-order valence-corrected chi connectivity index (χ3v) is 6.93. The van der Waals surface area contributed by atoms with Crippen LogP contribution in [0.15, 0.2) is 36.0 Å². The van der Waals surface area contributed by atoms with Crippen LogP contribution in [0.25, 0.3) is 0 Å². The fourth-order valence-electron chi connectivity index (χ4n) is 5.08. The highest BCUT2D eigenvalue weighted by molar-refractivity contribution is 7.82. The summed E-state index contributed by atoms with van der Waals surface area (Å²) in [6.07, 6.45) is 11.6. The van der Waals surface area contributed by atoms with Crippen LogP contribution < -0.4 is 0 Å². The molecular weight excluding hydrogens is 431 g/mol. The molecule has 180 valence electrons. The van der Waals surface area contributed by atoms with Crippen LogP contribution in [0.4, 0.5) is 0 Å². The Morgan fingerprint density at radius 2 is 1.68 bits per heavy atom. The Morgan fingerprint density at radius 1 is 1.10 bits per heavy atom. The summed E-state index contributed by atoms with van der Waals surface area (Å²) in [6.45, 7) is 12.0. The monoisotopic (exact) mass is 474 g/mol. The fourth-order valence-corrected chi connectivity index (χ4v) is 5.62. The van der Waals surface area contributed by atoms with E-state index in [1.807, 2.05) is 47.6 Å². The summed E-state index contributed by atoms with van der Waals surface area (Å²) in [6, 6.07) is 0. The van der Waals surface area contributed by atoms with Gasteiger partial charge in [0.05, 0.1) is 4.75 Å². The summed E-state index contributed by atoms with van der Waals surface area (Å²) in [5.41, 5.74) is -0.150. The number of hydrogen-bond acceptors (Lipinski definition) is 6. The highest BCUT2D eigenvalue weighted by Gasteiger charge is 2.59. The molecular formula is C24H43O5PS. The average molecular weight is 475 g/mol. The molecule has 0 aromatic rings. The number of carbonyl (C=O) groups is 1. The minimum absolute atomic E-state index is 0. The number of fused-ring (bicyclic) bond motifs is 5. The molecule has 4 aliphatic carbocycles. The zero-order valence-electron chi connectivity index (χ0n) is 19.1. The van der Waals surface area contributed by atoms with Gasteiger partial charge in [-0.25, -0.2) is 4.89 Å². The number of ketones is 1. The first-order valence-corrected chi connectivity index (χ1v) is 11.9. The van der Waals surface area contributed by atoms with Crippen molar-refractivity contribution >= 4 is 27.5 Å². The van der Waals surface area contributed by atoms with Gasteiger partial charge in [0.15, 0.2) is 5.78 Å². The van der Waals surface area contributed by atoms with Crippen molar-refractivity contribution < 1.29 is 24.6 Å². The van der Waals surface area contributed by atoms with Crippen LogP contribution in [0, 0.1) is 17.8 Å². The topological polar surface area (TPSA) is 83.8 Å². The van der Waals surface area contributed by atoms with Gasteiger partial charge in [0, 0.05) is 0 Å². The van der Waals surface area contributed by atoms with Crippen molar-refractivity contribution in [2.24, 2.45) is 17.8 Å². The third kappa shape index (κ3) is 6.17. The summed E-state index contributed by atoms with van der Waals surface area (Å²) in [5.74, 6) is 0.502. The molecule has 31 heavy (non-hydrogen) atoms. The van der Waals surface area contributed by atoms with Crippen LogP contribution in [0.2, 0.25) is 0 Å². The number of hydrogen-bond donors (Lipinski definition) is 3. The van der Waals surface area contributed by atoms with Gasteiger partial charge in [0.2, 0.25) is 0 Å². The van der Waals surface area contributed by atoms with Gasteiger partial charge in [-0.05, 0) is 67.2 Å². The Kier molecular flexibility index (Phi) is 15.8. The average Bonchev–Trinajstić information content (AvgIpc) is 3.16. The van der Waals surface area contributed by atoms with Crippen molar-refractivity contribution in [3.63, 3.8) is 0 Å². The first kappa shape index (κ1) is 32.4. The largest absolute Gasteiger partial charge is 0.381 e. The van der Waals surface area contributed by atoms with Gasteiger partial charge in [-0.3, -0.25) is 14.6 Å². The SMILES string of the molecule is C.CC.CC.CC.O=C1C=C[C@@]2(O)C(=C1)CCC1C3C=CC(OO)[C@@]3(S)CCC12.O=P. The van der Waals surface area contributed by atoms with Crippen LogP contribution >= 0.6 is 21.7 Å². The van der Waals surface area contributed by atoms with Gasteiger partial charge in [0.25, 0.3) is 0 Å². The summed E-state index contributed by atoms with van der Waals surface area (Å²) < 4.78 is 7.65. The first-order chi connectivity index (χ1) is 14.5. The van der Waals surface area contributed by atoms with E-state index in [0.717, 1.165) is 31.3 Å². The molecule has 0 radical (unpaired) electrons. The predicted molar refractivity (Wildman–Crippen MR) is 134 cm³/mol. The summed E-state index contributed by atoms with van der Waals surface area (Å²) in [5, 5.41) is 20.3. The smallest absolute Gasteiger partial charge is 0.178 e. The minimum atomic E-state index is -1.00. The Morgan fingerprint density at radius 3 is 2.23 bits per heavy atom. The van der Waals surface area contributed by atoms with Crippen LogP contribution in [0.3, 0.4) is 0 Å². The van der Waals surface area contributed by atoms with E-state index in [2.05, 4.69) is 11.0 Å². The van der Waals surface area contributed by atoms with E-state index in [0.29, 0.717) is 0 Å². The highest BCUT2D eigenvalue weighted by atomic mass is 32.1. The number of carbonyl (C=O) groups excluding carboxylic acids is 1. The van der Waals surface area contributed by atoms with Crippen LogP contribution in [0.5, 0.6) is 0 Å². The first-order valence-electron chi connectivity index (χ1n) is 11.1. The van der Waals surface area contributed by atoms with E-state index >= 15 is 0 Å². The Labute approximate surface area is 197 Å². The molecule has 0 aromatic heterocycles. The quantitative estimate of drug-likeness (QED) is 0.133. The lowest BCUT2D eigenvalue weighted by molar-refractivity contribution is -0.275. The summed E-state index contributed by atoms with van der Waals surface area (Å²) >= 11 is 4.84. The standard InChI is InChI=1S/C17H20O4S.3C2H6.CH4.HOP/c18-11-5-7-16(19)10(9-11)1-2-12-13(16)6-8-17(22)14(12)3-4-15(17)21-20;3*1-2;;1-2/h3-5,7,9,12-15,19-20,22H,1-2,6,8H2;3*1-2H3;1H4;2H/t12?,13?,14?,15?,16-,17-;;;;;/m1...../s1. The minimum Gasteiger partial charge on any atom is -0.381 e. The molecule has 2 N–H and O–H groups in total. The predicted octanol–water partition coefficient (Wildman–Crippen LogP) is 6.51. The second kappa shape index (κ2) is 15.1. The number of rotatable bonds is 1. The summed E-state index contributed by atoms with van der Waals surface area (Å²) in [7, 11) is 1.72. The molecule has 6 atom stereocenters.